The second-order valence-corrected chi connectivity index (χ2v) is 14.5. The van der Waals surface area contributed by atoms with Crippen molar-refractivity contribution in [2.45, 2.75) is 82.5 Å². The smallest absolute Gasteiger partial charge is 0.408 e. The zero-order chi connectivity index (χ0) is 33.6. The summed E-state index contributed by atoms with van der Waals surface area (Å²) in [5, 5.41) is 7.26. The third-order valence-corrected chi connectivity index (χ3v) is 11.1. The molecule has 8 rings (SSSR count). The summed E-state index contributed by atoms with van der Waals surface area (Å²) in [6.45, 7) is 0.597. The number of aromatic amines is 1. The first kappa shape index (κ1) is 32.9. The summed E-state index contributed by atoms with van der Waals surface area (Å²) in [6, 6.07) is 27.5. The average molecular weight is 662 g/mol. The summed E-state index contributed by atoms with van der Waals surface area (Å²) in [5.41, 5.74) is 2.54. The molecule has 4 aliphatic rings. The van der Waals surface area contributed by atoms with Gasteiger partial charge in [0, 0.05) is 36.5 Å². The lowest BCUT2D eigenvalue weighted by atomic mass is 9.55. The molecule has 0 radical (unpaired) electrons. The van der Waals surface area contributed by atoms with Crippen molar-refractivity contribution in [3.8, 4) is 0 Å². The van der Waals surface area contributed by atoms with Gasteiger partial charge in [0.15, 0.2) is 0 Å². The van der Waals surface area contributed by atoms with Crippen LogP contribution in [-0.4, -0.2) is 41.1 Å². The van der Waals surface area contributed by atoms with Gasteiger partial charge in [-0.2, -0.15) is 0 Å². The van der Waals surface area contributed by atoms with Gasteiger partial charge >= 0.3 is 12.1 Å². The van der Waals surface area contributed by atoms with Crippen molar-refractivity contribution in [3.05, 3.63) is 108 Å². The van der Waals surface area contributed by atoms with Crippen molar-refractivity contribution in [2.24, 2.45) is 23.7 Å². The molecule has 4 aliphatic carbocycles. The molecule has 2 amide bonds. The van der Waals surface area contributed by atoms with E-state index in [2.05, 4.69) is 15.6 Å². The molecule has 0 aliphatic heterocycles. The molecule has 1 atom stereocenters. The van der Waals surface area contributed by atoms with Crippen molar-refractivity contribution in [1.82, 2.24) is 15.6 Å². The number of aromatic nitrogens is 1. The molecule has 3 N–H and O–H groups in total. The highest BCUT2D eigenvalue weighted by Gasteiger charge is 2.50. The molecule has 8 heteroatoms. The van der Waals surface area contributed by atoms with Crippen LogP contribution < -0.4 is 10.6 Å². The highest BCUT2D eigenvalue weighted by molar-refractivity contribution is 5.92. The maximum atomic E-state index is 14.5. The molecule has 1 unspecified atom stereocenters. The number of para-hydroxylation sites is 1. The number of esters is 1. The van der Waals surface area contributed by atoms with E-state index >= 15 is 0 Å². The van der Waals surface area contributed by atoms with Crippen LogP contribution in [-0.2, 0) is 38.5 Å². The Morgan fingerprint density at radius 1 is 0.796 bits per heavy atom. The maximum absolute atomic E-state index is 14.5. The summed E-state index contributed by atoms with van der Waals surface area (Å²) in [7, 11) is 0. The normalized spacial score (nSPS) is 23.5. The SMILES string of the molecule is O=C(CCCC(Cc1c[nH]c2ccccc12)(NC(=O)OC1C2CC3CC(C2)CC1C3)C(=O)NCCc1ccccc1)OCc1ccccc1. The Morgan fingerprint density at radius 2 is 1.45 bits per heavy atom. The number of ether oxygens (including phenoxy) is 2. The predicted octanol–water partition coefficient (Wildman–Crippen LogP) is 7.27. The molecule has 4 saturated carbocycles. The van der Waals surface area contributed by atoms with Crippen LogP contribution in [0.1, 0.15) is 68.1 Å². The number of alkyl carbamates (subject to hydrolysis) is 1. The number of carbonyl (C=O) groups is 3. The summed E-state index contributed by atoms with van der Waals surface area (Å²) < 4.78 is 11.9. The van der Waals surface area contributed by atoms with Crippen LogP contribution in [0.2, 0.25) is 0 Å². The standard InChI is InChI=1S/C41H47N3O5/c45-37(48-27-29-12-5-2-6-13-29)16-9-18-41(25-34-26-43-36-15-8-7-14-35(34)36,39(46)42-19-17-28-10-3-1-4-11-28)44-40(47)49-38-32-21-30-20-31(23-32)24-33(38)22-30/h1-8,10-15,26,30-33,38,43H,9,16-25,27H2,(H,42,46)(H,44,47). The van der Waals surface area contributed by atoms with Crippen LogP contribution >= 0.6 is 0 Å². The van der Waals surface area contributed by atoms with Crippen molar-refractivity contribution in [1.29, 1.82) is 0 Å². The molecule has 4 fully saturated rings. The van der Waals surface area contributed by atoms with Crippen LogP contribution in [0, 0.1) is 23.7 Å². The molecule has 1 aromatic heterocycles. The third-order valence-electron chi connectivity index (χ3n) is 11.1. The number of fused-ring (bicyclic) bond motifs is 1. The Balaban J connectivity index is 1.11. The van der Waals surface area contributed by atoms with E-state index in [0.717, 1.165) is 65.1 Å². The lowest BCUT2D eigenvalue weighted by molar-refractivity contribution is -0.145. The molecular weight excluding hydrogens is 614 g/mol. The van der Waals surface area contributed by atoms with Gasteiger partial charge in [0.2, 0.25) is 5.91 Å². The maximum Gasteiger partial charge on any atom is 0.408 e. The first-order valence-corrected chi connectivity index (χ1v) is 18.0. The number of rotatable bonds is 14. The van der Waals surface area contributed by atoms with Crippen molar-refractivity contribution in [3.63, 3.8) is 0 Å². The van der Waals surface area contributed by atoms with Gasteiger partial charge < -0.3 is 25.1 Å². The van der Waals surface area contributed by atoms with E-state index in [-0.39, 0.29) is 43.8 Å². The number of hydrogen-bond donors (Lipinski definition) is 3. The number of carbonyl (C=O) groups excluding carboxylic acids is 3. The third kappa shape index (κ3) is 7.85. The minimum absolute atomic E-state index is 0.117. The Kier molecular flexibility index (Phi) is 10.0. The molecule has 0 spiro atoms. The highest BCUT2D eigenvalue weighted by Crippen LogP contribution is 2.54. The van der Waals surface area contributed by atoms with Crippen LogP contribution in [0.25, 0.3) is 10.9 Å². The van der Waals surface area contributed by atoms with Crippen LogP contribution in [0.3, 0.4) is 0 Å². The van der Waals surface area contributed by atoms with Gasteiger partial charge in [-0.15, -0.1) is 0 Å². The zero-order valence-corrected chi connectivity index (χ0v) is 28.1. The summed E-state index contributed by atoms with van der Waals surface area (Å²) in [4.78, 5) is 44.7. The van der Waals surface area contributed by atoms with E-state index < -0.39 is 11.6 Å². The van der Waals surface area contributed by atoms with E-state index in [4.69, 9.17) is 9.47 Å². The number of nitrogens with one attached hydrogen (secondary N) is 3. The number of amides is 2. The first-order chi connectivity index (χ1) is 23.9. The van der Waals surface area contributed by atoms with Crippen molar-refractivity contribution in [2.75, 3.05) is 6.54 Å². The zero-order valence-electron chi connectivity index (χ0n) is 28.1. The van der Waals surface area contributed by atoms with E-state index in [0.29, 0.717) is 31.2 Å². The lowest BCUT2D eigenvalue weighted by Crippen LogP contribution is -2.61. The Hall–Kier alpha value is -4.59. The number of benzene rings is 3. The van der Waals surface area contributed by atoms with Gasteiger partial charge in [-0.1, -0.05) is 78.9 Å². The number of hydrogen-bond acceptors (Lipinski definition) is 5. The van der Waals surface area contributed by atoms with Gasteiger partial charge in [0.05, 0.1) is 0 Å². The van der Waals surface area contributed by atoms with E-state index in [1.807, 2.05) is 91.1 Å². The summed E-state index contributed by atoms with van der Waals surface area (Å²) >= 11 is 0. The molecule has 256 valence electrons. The van der Waals surface area contributed by atoms with Gasteiger partial charge in [0.25, 0.3) is 0 Å². The fourth-order valence-corrected chi connectivity index (χ4v) is 8.94. The lowest BCUT2D eigenvalue weighted by Gasteiger charge is -2.53. The Morgan fingerprint density at radius 3 is 2.16 bits per heavy atom. The Bertz CT molecular complexity index is 1710. The van der Waals surface area contributed by atoms with Gasteiger partial charge in [-0.3, -0.25) is 9.59 Å². The molecule has 8 nitrogen and oxygen atoms in total. The first-order valence-electron chi connectivity index (χ1n) is 18.0. The van der Waals surface area contributed by atoms with Crippen molar-refractivity contribution < 1.29 is 23.9 Å². The van der Waals surface area contributed by atoms with Crippen LogP contribution in [0.4, 0.5) is 4.79 Å². The minimum Gasteiger partial charge on any atom is -0.461 e. The van der Waals surface area contributed by atoms with E-state index in [1.54, 1.807) is 0 Å². The topological polar surface area (TPSA) is 110 Å². The highest BCUT2D eigenvalue weighted by atomic mass is 16.6. The quantitative estimate of drug-likeness (QED) is 0.123. The monoisotopic (exact) mass is 661 g/mol. The second-order valence-electron chi connectivity index (χ2n) is 14.5. The van der Waals surface area contributed by atoms with Gasteiger partial charge in [-0.05, 0) is 97.8 Å². The molecule has 1 heterocycles. The van der Waals surface area contributed by atoms with Gasteiger partial charge in [0.1, 0.15) is 18.2 Å². The average Bonchev–Trinajstić information content (AvgIpc) is 3.51. The van der Waals surface area contributed by atoms with E-state index in [1.165, 1.54) is 6.42 Å². The predicted molar refractivity (Wildman–Crippen MR) is 188 cm³/mol. The van der Waals surface area contributed by atoms with Crippen LogP contribution in [0.5, 0.6) is 0 Å². The second kappa shape index (κ2) is 14.9. The fourth-order valence-electron chi connectivity index (χ4n) is 8.94. The summed E-state index contributed by atoms with van der Waals surface area (Å²) in [6.07, 6.45) is 8.64. The van der Waals surface area contributed by atoms with Gasteiger partial charge in [-0.25, -0.2) is 4.79 Å². The van der Waals surface area contributed by atoms with Crippen LogP contribution in [0.15, 0.2) is 91.1 Å². The van der Waals surface area contributed by atoms with E-state index in [9.17, 15) is 14.4 Å². The number of H-pyrrole nitrogens is 1. The molecular formula is C41H47N3O5. The minimum atomic E-state index is -1.36. The Labute approximate surface area is 288 Å². The fraction of sp³-hybridized carbons (Fsp3) is 0.439. The molecule has 3 aromatic carbocycles. The molecule has 49 heavy (non-hydrogen) atoms. The largest absolute Gasteiger partial charge is 0.461 e. The summed E-state index contributed by atoms with van der Waals surface area (Å²) in [5.74, 6) is 1.67. The molecule has 0 saturated heterocycles. The van der Waals surface area contributed by atoms with Crippen molar-refractivity contribution >= 4 is 28.9 Å². The molecule has 4 aromatic rings. The molecule has 4 bridgehead atoms.